The van der Waals surface area contributed by atoms with Gasteiger partial charge in [0.15, 0.2) is 23.4 Å². The largest absolute Gasteiger partial charge is 0.388 e. The highest BCUT2D eigenvalue weighted by atomic mass is 32.1. The number of carbonyl (C=O) groups excluding carboxylic acids is 3. The van der Waals surface area contributed by atoms with Gasteiger partial charge >= 0.3 is 0 Å². The molecule has 6 nitrogen and oxygen atoms in total. The van der Waals surface area contributed by atoms with Gasteiger partial charge in [-0.3, -0.25) is 14.4 Å². The van der Waals surface area contributed by atoms with Gasteiger partial charge in [-0.2, -0.15) is 0 Å². The number of nitrogens with two attached hydrogens (primary N) is 1. The lowest BCUT2D eigenvalue weighted by atomic mass is 9.96. The first-order valence-corrected chi connectivity index (χ1v) is 13.1. The van der Waals surface area contributed by atoms with Gasteiger partial charge in [-0.05, 0) is 68.2 Å². The van der Waals surface area contributed by atoms with Gasteiger partial charge in [-0.25, -0.2) is 4.98 Å². The number of nitrogens with one attached hydrogen (secondary N) is 1. The van der Waals surface area contributed by atoms with Crippen LogP contribution in [0.5, 0.6) is 0 Å². The van der Waals surface area contributed by atoms with Crippen LogP contribution in [0.25, 0.3) is 6.08 Å². The quantitative estimate of drug-likeness (QED) is 0.182. The first kappa shape index (κ1) is 32.2. The first-order valence-electron chi connectivity index (χ1n) is 12.2. The maximum Gasteiger partial charge on any atom is 0.182 e. The molecule has 2 aromatic carbocycles. The standard InChI is InChI=1S/C14H18.C9H11NO.C6H6N2S.C2H2O2/c1-11-6-4-5-7-13(11)10-12(2)14(3)8-9-14;1-7(11)8-5-3-4-6-9(8)10-2;7-3-1-2-6-8-4-5-9-6;3-1-2-4/h4-7,10H,8-9H2,1-3H3;3-6,10H,1-2H3;4-5H,3,7H2;1-2H/b12-10+;;;. The molecule has 0 unspecified atom stereocenters. The molecule has 0 radical (unpaired) electrons. The molecule has 1 fully saturated rings. The zero-order valence-corrected chi connectivity index (χ0v) is 23.6. The number of carbonyl (C=O) groups is 3. The van der Waals surface area contributed by atoms with Crippen molar-refractivity contribution in [3.8, 4) is 11.8 Å². The molecule has 0 saturated heterocycles. The SMILES string of the molecule is C/C(=C\c1ccccc1C)C1(C)CC1.CNc1ccccc1C(C)=O.NCC#Cc1nccs1.O=CC=O. The summed E-state index contributed by atoms with van der Waals surface area (Å²) in [7, 11) is 1.81. The summed E-state index contributed by atoms with van der Waals surface area (Å²) < 4.78 is 0. The number of aromatic nitrogens is 1. The molecular formula is C31H37N3O3S. The minimum absolute atomic E-state index is 0.0925. The highest BCUT2D eigenvalue weighted by molar-refractivity contribution is 7.10. The van der Waals surface area contributed by atoms with Crippen molar-refractivity contribution in [3.05, 3.63) is 87.4 Å². The van der Waals surface area contributed by atoms with E-state index in [1.54, 1.807) is 13.1 Å². The lowest BCUT2D eigenvalue weighted by Crippen LogP contribution is -1.98. The summed E-state index contributed by atoms with van der Waals surface area (Å²) in [5.41, 5.74) is 11.6. The van der Waals surface area contributed by atoms with Crippen LogP contribution in [0.1, 0.15) is 60.1 Å². The Morgan fingerprint density at radius 1 is 1.11 bits per heavy atom. The minimum Gasteiger partial charge on any atom is -0.388 e. The van der Waals surface area contributed by atoms with Crippen LogP contribution in [-0.2, 0) is 9.59 Å². The molecule has 38 heavy (non-hydrogen) atoms. The lowest BCUT2D eigenvalue weighted by Gasteiger charge is -2.09. The number of anilines is 1. The summed E-state index contributed by atoms with van der Waals surface area (Å²) >= 11 is 1.52. The Labute approximate surface area is 230 Å². The maximum absolute atomic E-state index is 11.0. The molecule has 0 atom stereocenters. The maximum atomic E-state index is 11.0. The van der Waals surface area contributed by atoms with Crippen molar-refractivity contribution in [1.82, 2.24) is 4.98 Å². The molecule has 7 heteroatoms. The van der Waals surface area contributed by atoms with Crippen LogP contribution in [0.2, 0.25) is 0 Å². The number of rotatable bonds is 5. The van der Waals surface area contributed by atoms with Crippen molar-refractivity contribution >= 4 is 41.5 Å². The van der Waals surface area contributed by atoms with Crippen LogP contribution < -0.4 is 11.1 Å². The van der Waals surface area contributed by atoms with E-state index in [0.717, 1.165) is 16.3 Å². The molecule has 1 aromatic heterocycles. The Hall–Kier alpha value is -3.86. The summed E-state index contributed by atoms with van der Waals surface area (Å²) in [5, 5.41) is 5.68. The molecule has 1 heterocycles. The van der Waals surface area contributed by atoms with Crippen molar-refractivity contribution < 1.29 is 14.4 Å². The summed E-state index contributed by atoms with van der Waals surface area (Å²) in [6.07, 6.45) is 7.19. The number of hydrogen-bond donors (Lipinski definition) is 2. The molecule has 4 rings (SSSR count). The number of para-hydroxylation sites is 1. The fraction of sp³-hybridized carbons (Fsp3) is 0.290. The number of hydrogen-bond acceptors (Lipinski definition) is 7. The summed E-state index contributed by atoms with van der Waals surface area (Å²) in [4.78, 5) is 32.5. The zero-order chi connectivity index (χ0) is 28.4. The van der Waals surface area contributed by atoms with Crippen molar-refractivity contribution in [1.29, 1.82) is 0 Å². The summed E-state index contributed by atoms with van der Waals surface area (Å²) in [5.74, 6) is 5.63. The fourth-order valence-electron chi connectivity index (χ4n) is 3.16. The minimum atomic E-state index is 0.0925. The van der Waals surface area contributed by atoms with Gasteiger partial charge in [0.05, 0.1) is 6.54 Å². The van der Waals surface area contributed by atoms with Gasteiger partial charge < -0.3 is 11.1 Å². The number of aryl methyl sites for hydroxylation is 1. The van der Waals surface area contributed by atoms with Crippen LogP contribution in [0.3, 0.4) is 0 Å². The van der Waals surface area contributed by atoms with Crippen LogP contribution in [0.15, 0.2) is 65.7 Å². The Kier molecular flexibility index (Phi) is 14.9. The normalized spacial score (nSPS) is 12.3. The number of allylic oxidation sites excluding steroid dienone is 1. The molecule has 0 amide bonds. The van der Waals surface area contributed by atoms with E-state index in [1.807, 2.05) is 36.7 Å². The first-order chi connectivity index (χ1) is 18.2. The fourth-order valence-corrected chi connectivity index (χ4v) is 3.66. The van der Waals surface area contributed by atoms with Crippen LogP contribution >= 0.6 is 11.3 Å². The number of ketones is 1. The van der Waals surface area contributed by atoms with Gasteiger partial charge in [-0.1, -0.05) is 60.9 Å². The molecule has 3 aromatic rings. The van der Waals surface area contributed by atoms with Crippen molar-refractivity contribution in [3.63, 3.8) is 0 Å². The third-order valence-electron chi connectivity index (χ3n) is 5.87. The number of aldehydes is 2. The number of Topliss-reactive ketones (excluding diaryl/α,β-unsaturated/α-hetero) is 1. The lowest BCUT2D eigenvalue weighted by molar-refractivity contribution is -0.122. The van der Waals surface area contributed by atoms with Gasteiger partial charge in [0.2, 0.25) is 0 Å². The van der Waals surface area contributed by atoms with Crippen molar-refractivity contribution in [2.45, 2.75) is 40.5 Å². The monoisotopic (exact) mass is 531 g/mol. The highest BCUT2D eigenvalue weighted by Gasteiger charge is 2.38. The van der Waals surface area contributed by atoms with E-state index in [0.29, 0.717) is 12.0 Å². The molecule has 3 N–H and O–H groups in total. The predicted octanol–water partition coefficient (Wildman–Crippen LogP) is 5.97. The molecule has 0 spiro atoms. The van der Waals surface area contributed by atoms with Crippen LogP contribution in [0, 0.1) is 24.2 Å². The number of thiazole rings is 1. The molecule has 0 bridgehead atoms. The van der Waals surface area contributed by atoms with E-state index in [1.165, 1.54) is 40.9 Å². The average molecular weight is 532 g/mol. The van der Waals surface area contributed by atoms with E-state index in [2.05, 4.69) is 73.3 Å². The summed E-state index contributed by atoms with van der Waals surface area (Å²) in [6, 6.07) is 16.0. The van der Waals surface area contributed by atoms with Crippen LogP contribution in [-0.4, -0.2) is 36.9 Å². The second-order valence-corrected chi connectivity index (χ2v) is 9.61. The van der Waals surface area contributed by atoms with Gasteiger partial charge in [0, 0.05) is 29.9 Å². The molecule has 1 aliphatic carbocycles. The summed E-state index contributed by atoms with van der Waals surface area (Å²) in [6.45, 7) is 8.76. The van der Waals surface area contributed by atoms with Crippen molar-refractivity contribution in [2.24, 2.45) is 11.1 Å². The Bertz CT molecular complexity index is 1240. The molecule has 200 valence electrons. The Balaban J connectivity index is 0.000000272. The Morgan fingerprint density at radius 2 is 1.74 bits per heavy atom. The Morgan fingerprint density at radius 3 is 2.21 bits per heavy atom. The van der Waals surface area contributed by atoms with E-state index in [-0.39, 0.29) is 18.4 Å². The third kappa shape index (κ3) is 11.9. The van der Waals surface area contributed by atoms with Gasteiger partial charge in [0.25, 0.3) is 0 Å². The average Bonchev–Trinajstić information content (AvgIpc) is 3.47. The van der Waals surface area contributed by atoms with Gasteiger partial charge in [-0.15, -0.1) is 11.3 Å². The number of benzene rings is 2. The molecule has 1 saturated carbocycles. The topological polar surface area (TPSA) is 102 Å². The zero-order valence-electron chi connectivity index (χ0n) is 22.8. The van der Waals surface area contributed by atoms with Gasteiger partial charge in [0.1, 0.15) is 0 Å². The van der Waals surface area contributed by atoms with Crippen molar-refractivity contribution in [2.75, 3.05) is 18.9 Å². The second-order valence-electron chi connectivity index (χ2n) is 8.71. The number of nitrogens with zero attached hydrogens (tertiary/aromatic N) is 1. The van der Waals surface area contributed by atoms with E-state index in [9.17, 15) is 4.79 Å². The molecular weight excluding hydrogens is 494 g/mol. The van der Waals surface area contributed by atoms with E-state index in [4.69, 9.17) is 15.3 Å². The molecule has 0 aliphatic heterocycles. The molecule has 1 aliphatic rings. The van der Waals surface area contributed by atoms with Crippen LogP contribution in [0.4, 0.5) is 5.69 Å². The van der Waals surface area contributed by atoms with E-state index < -0.39 is 0 Å². The smallest absolute Gasteiger partial charge is 0.182 e. The second kappa shape index (κ2) is 17.6. The van der Waals surface area contributed by atoms with E-state index >= 15 is 0 Å². The third-order valence-corrected chi connectivity index (χ3v) is 6.56. The predicted molar refractivity (Wildman–Crippen MR) is 158 cm³/mol. The highest BCUT2D eigenvalue weighted by Crippen LogP contribution is 2.51.